The first-order chi connectivity index (χ1) is 29.5. The topological polar surface area (TPSA) is 88.1 Å². The van der Waals surface area contributed by atoms with Crippen molar-refractivity contribution in [2.45, 2.75) is 70.9 Å². The molecule has 61 heavy (non-hydrogen) atoms. The summed E-state index contributed by atoms with van der Waals surface area (Å²) in [6, 6.07) is 43.8. The first-order valence-electron chi connectivity index (χ1n) is 21.5. The van der Waals surface area contributed by atoms with Crippen molar-refractivity contribution in [3.63, 3.8) is 0 Å². The molecule has 0 radical (unpaired) electrons. The second-order valence-electron chi connectivity index (χ2n) is 17.6. The van der Waals surface area contributed by atoms with Gasteiger partial charge >= 0.3 is 0 Å². The molecule has 2 heterocycles. The number of carbonyl (C=O) groups excluding carboxylic acids is 2. The van der Waals surface area contributed by atoms with Crippen LogP contribution in [0.4, 0.5) is 17.1 Å². The van der Waals surface area contributed by atoms with Crippen LogP contribution < -0.4 is 20.6 Å². The van der Waals surface area contributed by atoms with Crippen molar-refractivity contribution in [1.82, 2.24) is 0 Å². The number of imide groups is 1. The molecule has 2 saturated heterocycles. The summed E-state index contributed by atoms with van der Waals surface area (Å²) in [4.78, 5) is 30.7. The summed E-state index contributed by atoms with van der Waals surface area (Å²) in [5, 5.41) is 16.0. The number of rotatable bonds is 14. The van der Waals surface area contributed by atoms with Crippen LogP contribution in [0.25, 0.3) is 6.08 Å². The van der Waals surface area contributed by atoms with Gasteiger partial charge in [0.05, 0.1) is 41.9 Å². The Morgan fingerprint density at radius 1 is 0.836 bits per heavy atom. The molecule has 0 saturated carbocycles. The van der Waals surface area contributed by atoms with E-state index in [1.807, 2.05) is 72.8 Å². The van der Waals surface area contributed by atoms with Crippen LogP contribution in [-0.4, -0.2) is 44.6 Å². The lowest BCUT2D eigenvalue weighted by atomic mass is 9.69. The highest BCUT2D eigenvalue weighted by Crippen LogP contribution is 2.51. The molecule has 9 heteroatoms. The monoisotopic (exact) mass is 850 g/mol. The molecule has 2 amide bonds. The standard InChI is InChI=1S/C52H55ClN2O5Si/c1-5-15-35(30-36-23-28-41(56)32-46(36)53)22-29-47-48-37(33-60-61(52(2,3)4,42-18-11-7-12-19-42)43-20-13-8-14-21-43)31-44-49(45(48)34-59-47)51(58)55(50(44)57)40-26-24-39(25-27-40)54-38-16-9-6-10-17-38/h6-14,16-21,23-28,30,32,44-45,47,49,54,56H,5,15,22,29,31,33-34H2,1-4H3/b35-30+/t44-,45+,47-,49-/m1/s1. The fourth-order valence-corrected chi connectivity index (χ4v) is 14.7. The number of phenols is 1. The first kappa shape index (κ1) is 42.4. The summed E-state index contributed by atoms with van der Waals surface area (Å²) in [5.41, 5.74) is 6.72. The number of carbonyl (C=O) groups is 2. The van der Waals surface area contributed by atoms with Crippen LogP contribution in [0.15, 0.2) is 150 Å². The Hall–Kier alpha value is -5.25. The summed E-state index contributed by atoms with van der Waals surface area (Å²) in [6.07, 6.45) is 5.68. The molecule has 0 aromatic heterocycles. The number of allylic oxidation sites excluding steroid dienone is 1. The number of aromatic hydroxyl groups is 1. The molecule has 7 nitrogen and oxygen atoms in total. The van der Waals surface area contributed by atoms with E-state index in [4.69, 9.17) is 20.8 Å². The SMILES string of the molecule is CCC/C(=C\c1ccc(O)cc1Cl)CC[C@H]1OC[C@H]2C1=C(CO[Si](c1ccccc1)(c1ccccc1)C(C)(C)C)C[C@H]1C(=O)N(c3ccc(Nc4ccccc4)cc3)C(=O)[C@H]12. The van der Waals surface area contributed by atoms with Crippen molar-refractivity contribution in [2.75, 3.05) is 23.4 Å². The van der Waals surface area contributed by atoms with Gasteiger partial charge in [0.1, 0.15) is 5.75 Å². The minimum absolute atomic E-state index is 0.135. The smallest absolute Gasteiger partial charge is 0.261 e. The van der Waals surface area contributed by atoms with Gasteiger partial charge in [-0.3, -0.25) is 14.5 Å². The lowest BCUT2D eigenvalue weighted by Crippen LogP contribution is -2.66. The number of hydrogen-bond donors (Lipinski definition) is 2. The average molecular weight is 852 g/mol. The number of ether oxygens (including phenoxy) is 1. The van der Waals surface area contributed by atoms with Crippen LogP contribution in [0, 0.1) is 17.8 Å². The Balaban J connectivity index is 1.14. The van der Waals surface area contributed by atoms with Gasteiger partial charge in [0.25, 0.3) is 8.32 Å². The van der Waals surface area contributed by atoms with Crippen LogP contribution in [-0.2, 0) is 18.8 Å². The number of benzene rings is 5. The Morgan fingerprint density at radius 3 is 2.07 bits per heavy atom. The zero-order valence-corrected chi connectivity index (χ0v) is 37.2. The molecule has 2 fully saturated rings. The lowest BCUT2D eigenvalue weighted by molar-refractivity contribution is -0.122. The van der Waals surface area contributed by atoms with Gasteiger partial charge in [-0.25, -0.2) is 0 Å². The third kappa shape index (κ3) is 8.52. The molecule has 0 spiro atoms. The van der Waals surface area contributed by atoms with Gasteiger partial charge in [0.2, 0.25) is 11.8 Å². The molecule has 5 aromatic carbocycles. The Labute approximate surface area is 366 Å². The van der Waals surface area contributed by atoms with E-state index < -0.39 is 20.2 Å². The van der Waals surface area contributed by atoms with Crippen molar-refractivity contribution in [3.8, 4) is 5.75 Å². The molecule has 0 bridgehead atoms. The fraction of sp³-hybridized carbons (Fsp3) is 0.308. The van der Waals surface area contributed by atoms with Crippen LogP contribution >= 0.6 is 11.6 Å². The number of halogens is 1. The fourth-order valence-electron chi connectivity index (χ4n) is 9.96. The minimum Gasteiger partial charge on any atom is -0.508 e. The predicted molar refractivity (Wildman–Crippen MR) is 249 cm³/mol. The van der Waals surface area contributed by atoms with E-state index in [-0.39, 0.29) is 34.6 Å². The summed E-state index contributed by atoms with van der Waals surface area (Å²) >= 11 is 6.56. The first-order valence-corrected chi connectivity index (χ1v) is 23.8. The number of para-hydroxylation sites is 1. The molecule has 2 N–H and O–H groups in total. The molecule has 1 aliphatic carbocycles. The van der Waals surface area contributed by atoms with E-state index in [1.54, 1.807) is 12.1 Å². The molecule has 4 atom stereocenters. The van der Waals surface area contributed by atoms with Gasteiger partial charge in [-0.15, -0.1) is 0 Å². The van der Waals surface area contributed by atoms with Crippen LogP contribution in [0.1, 0.15) is 65.4 Å². The van der Waals surface area contributed by atoms with Gasteiger partial charge in [0, 0.05) is 17.3 Å². The van der Waals surface area contributed by atoms with Crippen molar-refractivity contribution in [1.29, 1.82) is 0 Å². The van der Waals surface area contributed by atoms with Gasteiger partial charge in [-0.2, -0.15) is 0 Å². The highest BCUT2D eigenvalue weighted by atomic mass is 35.5. The number of anilines is 3. The van der Waals surface area contributed by atoms with Gasteiger partial charge < -0.3 is 19.6 Å². The van der Waals surface area contributed by atoms with Crippen molar-refractivity contribution in [2.24, 2.45) is 17.8 Å². The van der Waals surface area contributed by atoms with Crippen LogP contribution in [0.5, 0.6) is 5.75 Å². The molecule has 5 aromatic rings. The molecular weight excluding hydrogens is 796 g/mol. The van der Waals surface area contributed by atoms with Gasteiger partial charge in [-0.1, -0.05) is 136 Å². The van der Waals surface area contributed by atoms with Crippen molar-refractivity contribution >= 4 is 65.2 Å². The molecule has 8 rings (SSSR count). The Bertz CT molecular complexity index is 2370. The zero-order valence-electron chi connectivity index (χ0n) is 35.4. The maximum atomic E-state index is 14.7. The van der Waals surface area contributed by atoms with Crippen LogP contribution in [0.2, 0.25) is 10.1 Å². The van der Waals surface area contributed by atoms with Crippen LogP contribution in [0.3, 0.4) is 0 Å². The van der Waals surface area contributed by atoms with Crippen molar-refractivity contribution in [3.05, 3.63) is 161 Å². The largest absolute Gasteiger partial charge is 0.508 e. The molecule has 3 aliphatic rings. The maximum absolute atomic E-state index is 14.7. The quantitative estimate of drug-likeness (QED) is 0.0657. The van der Waals surface area contributed by atoms with E-state index in [1.165, 1.54) is 20.8 Å². The summed E-state index contributed by atoms with van der Waals surface area (Å²) in [6.45, 7) is 9.70. The third-order valence-electron chi connectivity index (χ3n) is 12.7. The summed E-state index contributed by atoms with van der Waals surface area (Å²) in [7, 11) is -2.95. The number of amides is 2. The van der Waals surface area contributed by atoms with E-state index in [0.717, 1.165) is 53.8 Å². The number of phenolic OH excluding ortho intramolecular Hbond substituents is 1. The molecule has 0 unspecified atom stereocenters. The second-order valence-corrected chi connectivity index (χ2v) is 22.3. The zero-order chi connectivity index (χ0) is 42.7. The molecule has 314 valence electrons. The van der Waals surface area contributed by atoms with E-state index in [2.05, 4.69) is 87.6 Å². The average Bonchev–Trinajstić information content (AvgIpc) is 3.79. The van der Waals surface area contributed by atoms with Crippen molar-refractivity contribution < 1.29 is 23.9 Å². The number of hydrogen-bond acceptors (Lipinski definition) is 6. The number of nitrogens with zero attached hydrogens (tertiary/aromatic N) is 1. The molecule has 2 aliphatic heterocycles. The van der Waals surface area contributed by atoms with E-state index in [0.29, 0.717) is 30.3 Å². The summed E-state index contributed by atoms with van der Waals surface area (Å²) in [5.74, 6) is -1.47. The highest BCUT2D eigenvalue weighted by molar-refractivity contribution is 6.99. The second kappa shape index (κ2) is 18.0. The Kier molecular flexibility index (Phi) is 12.5. The van der Waals surface area contributed by atoms with E-state index in [9.17, 15) is 14.7 Å². The number of nitrogens with one attached hydrogen (secondary N) is 1. The number of fused-ring (bicyclic) bond motifs is 3. The summed E-state index contributed by atoms with van der Waals surface area (Å²) < 4.78 is 14.3. The lowest BCUT2D eigenvalue weighted by Gasteiger charge is -2.44. The maximum Gasteiger partial charge on any atom is 0.261 e. The predicted octanol–water partition coefficient (Wildman–Crippen LogP) is 10.9. The third-order valence-corrected chi connectivity index (χ3v) is 18.0. The van der Waals surface area contributed by atoms with Gasteiger partial charge in [-0.05, 0) is 112 Å². The highest BCUT2D eigenvalue weighted by Gasteiger charge is 2.58. The van der Waals surface area contributed by atoms with E-state index >= 15 is 0 Å². The Morgan fingerprint density at radius 2 is 1.46 bits per heavy atom. The van der Waals surface area contributed by atoms with Gasteiger partial charge in [0.15, 0.2) is 0 Å². The molecular formula is C52H55ClN2O5Si. The minimum atomic E-state index is -2.95. The normalized spacial score (nSPS) is 20.5.